The fourth-order valence-corrected chi connectivity index (χ4v) is 1.83. The molecule has 0 aliphatic heterocycles. The highest BCUT2D eigenvalue weighted by atomic mass is 16.1. The molecule has 0 saturated carbocycles. The molecule has 0 heterocycles. The minimum Gasteiger partial charge on any atom is -0.303 e. The third-order valence-electron chi connectivity index (χ3n) is 3.00. The number of hydrogen-bond donors (Lipinski definition) is 0. The molecule has 0 N–H and O–H groups in total. The third kappa shape index (κ3) is 2.30. The Labute approximate surface area is 80.5 Å². The molecule has 0 spiro atoms. The molecular formula is C12H18O. The molecule has 0 radical (unpaired) electrons. The number of carbonyl (C=O) groups is 1. The maximum Gasteiger partial charge on any atom is 0.126 e. The van der Waals surface area contributed by atoms with E-state index in [1.54, 1.807) is 0 Å². The summed E-state index contributed by atoms with van der Waals surface area (Å²) in [7, 11) is 0. The Kier molecular flexibility index (Phi) is 3.07. The Morgan fingerprint density at radius 3 is 2.92 bits per heavy atom. The maximum atomic E-state index is 10.9. The minimum atomic E-state index is -0.142. The molecule has 0 amide bonds. The average molecular weight is 178 g/mol. The van der Waals surface area contributed by atoms with Crippen LogP contribution in [0.5, 0.6) is 0 Å². The Hall–Kier alpha value is -0.850. The second-order valence-electron chi connectivity index (χ2n) is 4.37. The van der Waals surface area contributed by atoms with E-state index < -0.39 is 0 Å². The zero-order valence-corrected chi connectivity index (χ0v) is 8.49. The Bertz CT molecular complexity index is 229. The van der Waals surface area contributed by atoms with Crippen LogP contribution in [0.25, 0.3) is 0 Å². The van der Waals surface area contributed by atoms with E-state index in [0.717, 1.165) is 19.1 Å². The predicted molar refractivity (Wildman–Crippen MR) is 55.4 cm³/mol. The van der Waals surface area contributed by atoms with E-state index in [-0.39, 0.29) is 5.41 Å². The summed E-state index contributed by atoms with van der Waals surface area (Å²) in [6.07, 6.45) is 9.25. The summed E-state index contributed by atoms with van der Waals surface area (Å²) in [5.41, 5.74) is -0.142. The first-order valence-corrected chi connectivity index (χ1v) is 4.87. The minimum absolute atomic E-state index is 0.142. The van der Waals surface area contributed by atoms with Crippen LogP contribution in [0.15, 0.2) is 24.8 Å². The van der Waals surface area contributed by atoms with Gasteiger partial charge in [-0.3, -0.25) is 0 Å². The van der Waals surface area contributed by atoms with Crippen molar-refractivity contribution in [3.05, 3.63) is 24.8 Å². The van der Waals surface area contributed by atoms with Crippen LogP contribution in [0.1, 0.15) is 26.7 Å². The van der Waals surface area contributed by atoms with Gasteiger partial charge in [-0.2, -0.15) is 0 Å². The highest BCUT2D eigenvalue weighted by Gasteiger charge is 2.30. The summed E-state index contributed by atoms with van der Waals surface area (Å²) in [5, 5.41) is 0. The predicted octanol–water partition coefficient (Wildman–Crippen LogP) is 2.98. The first kappa shape index (κ1) is 10.2. The van der Waals surface area contributed by atoms with E-state index >= 15 is 0 Å². The lowest BCUT2D eigenvalue weighted by atomic mass is 9.72. The maximum absolute atomic E-state index is 10.9. The highest BCUT2D eigenvalue weighted by Crippen LogP contribution is 2.36. The van der Waals surface area contributed by atoms with Crippen molar-refractivity contribution in [3.63, 3.8) is 0 Å². The van der Waals surface area contributed by atoms with Gasteiger partial charge < -0.3 is 4.79 Å². The van der Waals surface area contributed by atoms with Crippen molar-refractivity contribution in [2.75, 3.05) is 0 Å². The molecule has 13 heavy (non-hydrogen) atoms. The Balaban J connectivity index is 2.71. The SMILES string of the molecule is C=CC(C)C1C=CCC(C)(C=O)C1. The van der Waals surface area contributed by atoms with Gasteiger partial charge in [-0.25, -0.2) is 0 Å². The van der Waals surface area contributed by atoms with E-state index in [0.29, 0.717) is 11.8 Å². The second kappa shape index (κ2) is 3.91. The van der Waals surface area contributed by atoms with E-state index in [1.165, 1.54) is 0 Å². The molecular weight excluding hydrogens is 160 g/mol. The van der Waals surface area contributed by atoms with Gasteiger partial charge in [0.25, 0.3) is 0 Å². The summed E-state index contributed by atoms with van der Waals surface area (Å²) in [6, 6.07) is 0. The third-order valence-corrected chi connectivity index (χ3v) is 3.00. The quantitative estimate of drug-likeness (QED) is 0.479. The smallest absolute Gasteiger partial charge is 0.126 e. The summed E-state index contributed by atoms with van der Waals surface area (Å²) < 4.78 is 0. The Morgan fingerprint density at radius 1 is 1.69 bits per heavy atom. The van der Waals surface area contributed by atoms with Crippen molar-refractivity contribution in [3.8, 4) is 0 Å². The first-order valence-electron chi connectivity index (χ1n) is 4.87. The van der Waals surface area contributed by atoms with Gasteiger partial charge in [0.1, 0.15) is 6.29 Å². The molecule has 72 valence electrons. The average Bonchev–Trinajstić information content (AvgIpc) is 2.17. The molecule has 1 heteroatoms. The van der Waals surface area contributed by atoms with Crippen LogP contribution in [0.4, 0.5) is 0 Å². The number of allylic oxidation sites excluding steroid dienone is 3. The van der Waals surface area contributed by atoms with Crippen molar-refractivity contribution < 1.29 is 4.79 Å². The van der Waals surface area contributed by atoms with Crippen LogP contribution in [-0.2, 0) is 4.79 Å². The molecule has 1 aliphatic carbocycles. The first-order chi connectivity index (χ1) is 6.11. The zero-order valence-electron chi connectivity index (χ0n) is 8.49. The molecule has 3 atom stereocenters. The molecule has 0 aromatic rings. The molecule has 0 saturated heterocycles. The van der Waals surface area contributed by atoms with Gasteiger partial charge in [0.15, 0.2) is 0 Å². The number of aldehydes is 1. The topological polar surface area (TPSA) is 17.1 Å². The molecule has 1 rings (SSSR count). The lowest BCUT2D eigenvalue weighted by molar-refractivity contribution is -0.116. The van der Waals surface area contributed by atoms with Crippen LogP contribution < -0.4 is 0 Å². The van der Waals surface area contributed by atoms with Crippen LogP contribution in [0.2, 0.25) is 0 Å². The van der Waals surface area contributed by atoms with Crippen molar-refractivity contribution in [1.29, 1.82) is 0 Å². The number of rotatable bonds is 3. The Morgan fingerprint density at radius 2 is 2.38 bits per heavy atom. The van der Waals surface area contributed by atoms with E-state index in [4.69, 9.17) is 0 Å². The molecule has 1 aliphatic rings. The summed E-state index contributed by atoms with van der Waals surface area (Å²) >= 11 is 0. The van der Waals surface area contributed by atoms with Crippen LogP contribution in [0, 0.1) is 17.3 Å². The van der Waals surface area contributed by atoms with Gasteiger partial charge in [0.05, 0.1) is 0 Å². The van der Waals surface area contributed by atoms with Gasteiger partial charge in [-0.05, 0) is 24.7 Å². The lowest BCUT2D eigenvalue weighted by Crippen LogP contribution is -2.26. The zero-order chi connectivity index (χ0) is 9.90. The summed E-state index contributed by atoms with van der Waals surface area (Å²) in [6.45, 7) is 7.97. The van der Waals surface area contributed by atoms with Crippen LogP contribution in [-0.4, -0.2) is 6.29 Å². The van der Waals surface area contributed by atoms with Gasteiger partial charge in [0.2, 0.25) is 0 Å². The number of carbonyl (C=O) groups excluding carboxylic acids is 1. The van der Waals surface area contributed by atoms with Gasteiger partial charge in [-0.1, -0.05) is 32.1 Å². The number of hydrogen-bond acceptors (Lipinski definition) is 1. The molecule has 0 fully saturated rings. The molecule has 3 unspecified atom stereocenters. The largest absolute Gasteiger partial charge is 0.303 e. The molecule has 0 aromatic heterocycles. The summed E-state index contributed by atoms with van der Waals surface area (Å²) in [4.78, 5) is 10.9. The summed E-state index contributed by atoms with van der Waals surface area (Å²) in [5.74, 6) is 0.956. The fourth-order valence-electron chi connectivity index (χ4n) is 1.83. The van der Waals surface area contributed by atoms with Gasteiger partial charge in [-0.15, -0.1) is 6.58 Å². The standard InChI is InChI=1S/C12H18O/c1-4-10(2)11-6-5-7-12(3,8-11)9-13/h4-6,9-11H,1,7-8H2,2-3H3. The van der Waals surface area contributed by atoms with Crippen molar-refractivity contribution in [2.45, 2.75) is 26.7 Å². The molecule has 0 aromatic carbocycles. The van der Waals surface area contributed by atoms with Crippen LogP contribution in [0.3, 0.4) is 0 Å². The van der Waals surface area contributed by atoms with E-state index in [9.17, 15) is 4.79 Å². The lowest BCUT2D eigenvalue weighted by Gasteiger charge is -2.32. The van der Waals surface area contributed by atoms with Crippen LogP contribution >= 0.6 is 0 Å². The van der Waals surface area contributed by atoms with Gasteiger partial charge in [0, 0.05) is 5.41 Å². The van der Waals surface area contributed by atoms with E-state index in [2.05, 4.69) is 25.7 Å². The molecule has 1 nitrogen and oxygen atoms in total. The van der Waals surface area contributed by atoms with E-state index in [1.807, 2.05) is 13.0 Å². The molecule has 0 bridgehead atoms. The second-order valence-corrected chi connectivity index (χ2v) is 4.37. The highest BCUT2D eigenvalue weighted by molar-refractivity contribution is 5.59. The van der Waals surface area contributed by atoms with Crippen molar-refractivity contribution in [2.24, 2.45) is 17.3 Å². The fraction of sp³-hybridized carbons (Fsp3) is 0.583. The normalized spacial score (nSPS) is 35.4. The van der Waals surface area contributed by atoms with Crippen molar-refractivity contribution >= 4 is 6.29 Å². The monoisotopic (exact) mass is 178 g/mol. The van der Waals surface area contributed by atoms with Gasteiger partial charge >= 0.3 is 0 Å². The van der Waals surface area contributed by atoms with Crippen molar-refractivity contribution in [1.82, 2.24) is 0 Å².